The van der Waals surface area contributed by atoms with Gasteiger partial charge >= 0.3 is 0 Å². The fourth-order valence-electron chi connectivity index (χ4n) is 2.68. The van der Waals surface area contributed by atoms with Crippen molar-refractivity contribution in [2.24, 2.45) is 0 Å². The van der Waals surface area contributed by atoms with Gasteiger partial charge in [0.05, 0.1) is 0 Å². The fourth-order valence-corrected chi connectivity index (χ4v) is 2.68. The van der Waals surface area contributed by atoms with Crippen molar-refractivity contribution in [1.82, 2.24) is 5.32 Å². The molecule has 3 aromatic carbocycles. The Balaban J connectivity index is 1.65. The van der Waals surface area contributed by atoms with Crippen LogP contribution in [0.15, 0.2) is 72.8 Å². The Morgan fingerprint density at radius 1 is 0.897 bits per heavy atom. The lowest BCUT2D eigenvalue weighted by Crippen LogP contribution is -2.22. The number of anilines is 1. The van der Waals surface area contributed by atoms with Crippen molar-refractivity contribution in [3.63, 3.8) is 0 Å². The van der Waals surface area contributed by atoms with E-state index in [0.717, 1.165) is 5.56 Å². The van der Waals surface area contributed by atoms with Gasteiger partial charge < -0.3 is 15.4 Å². The van der Waals surface area contributed by atoms with Crippen LogP contribution in [-0.4, -0.2) is 18.4 Å². The zero-order valence-electron chi connectivity index (χ0n) is 15.9. The van der Waals surface area contributed by atoms with Gasteiger partial charge in [0.25, 0.3) is 11.8 Å². The van der Waals surface area contributed by atoms with E-state index in [0.29, 0.717) is 29.1 Å². The topological polar surface area (TPSA) is 67.4 Å². The molecule has 0 aliphatic carbocycles. The lowest BCUT2D eigenvalue weighted by molar-refractivity contribution is 0.0954. The van der Waals surface area contributed by atoms with Gasteiger partial charge in [-0.3, -0.25) is 9.59 Å². The Morgan fingerprint density at radius 2 is 1.59 bits per heavy atom. The maximum atomic E-state index is 13.0. The van der Waals surface area contributed by atoms with Gasteiger partial charge in [-0.2, -0.15) is 0 Å². The molecule has 0 unspecified atom stereocenters. The number of nitrogens with one attached hydrogen (secondary N) is 2. The summed E-state index contributed by atoms with van der Waals surface area (Å²) in [4.78, 5) is 24.5. The SMILES string of the molecule is CCNC(=O)c1cccc(NC(=O)c2cccc(OCc3ccc(F)cc3)c2)c1. The lowest BCUT2D eigenvalue weighted by Gasteiger charge is -2.10. The average Bonchev–Trinajstić information content (AvgIpc) is 2.74. The fraction of sp³-hybridized carbons (Fsp3) is 0.130. The highest BCUT2D eigenvalue weighted by Crippen LogP contribution is 2.18. The van der Waals surface area contributed by atoms with Crippen molar-refractivity contribution in [2.45, 2.75) is 13.5 Å². The summed E-state index contributed by atoms with van der Waals surface area (Å²) >= 11 is 0. The number of hydrogen-bond acceptors (Lipinski definition) is 3. The molecule has 2 N–H and O–H groups in total. The highest BCUT2D eigenvalue weighted by atomic mass is 19.1. The Labute approximate surface area is 168 Å². The zero-order valence-corrected chi connectivity index (χ0v) is 15.9. The minimum Gasteiger partial charge on any atom is -0.489 e. The van der Waals surface area contributed by atoms with Crippen LogP contribution in [0.4, 0.5) is 10.1 Å². The number of halogens is 1. The molecule has 0 fully saturated rings. The number of rotatable bonds is 7. The molecule has 0 atom stereocenters. The molecule has 3 aromatic rings. The van der Waals surface area contributed by atoms with Gasteiger partial charge in [-0.05, 0) is 61.0 Å². The van der Waals surface area contributed by atoms with Gasteiger partial charge in [-0.1, -0.05) is 24.3 Å². The van der Waals surface area contributed by atoms with E-state index in [1.807, 2.05) is 6.92 Å². The smallest absolute Gasteiger partial charge is 0.255 e. The first-order valence-electron chi connectivity index (χ1n) is 9.22. The average molecular weight is 392 g/mol. The second-order valence-electron chi connectivity index (χ2n) is 6.34. The van der Waals surface area contributed by atoms with Crippen LogP contribution in [0.2, 0.25) is 0 Å². The minimum atomic E-state index is -0.315. The highest BCUT2D eigenvalue weighted by molar-refractivity contribution is 6.05. The van der Waals surface area contributed by atoms with Gasteiger partial charge in [-0.25, -0.2) is 4.39 Å². The van der Waals surface area contributed by atoms with Gasteiger partial charge in [0.15, 0.2) is 0 Å². The molecular weight excluding hydrogens is 371 g/mol. The molecule has 0 saturated carbocycles. The van der Waals surface area contributed by atoms with Crippen LogP contribution in [0.5, 0.6) is 5.75 Å². The molecule has 148 valence electrons. The summed E-state index contributed by atoms with van der Waals surface area (Å²) in [7, 11) is 0. The largest absolute Gasteiger partial charge is 0.489 e. The van der Waals surface area contributed by atoms with Gasteiger partial charge in [-0.15, -0.1) is 0 Å². The van der Waals surface area contributed by atoms with Crippen molar-refractivity contribution in [3.05, 3.63) is 95.3 Å². The van der Waals surface area contributed by atoms with E-state index in [-0.39, 0.29) is 24.2 Å². The third-order valence-corrected chi connectivity index (χ3v) is 4.13. The predicted molar refractivity (Wildman–Crippen MR) is 110 cm³/mol. The van der Waals surface area contributed by atoms with Crippen LogP contribution < -0.4 is 15.4 Å². The number of amides is 2. The van der Waals surface area contributed by atoms with Crippen LogP contribution in [0.1, 0.15) is 33.2 Å². The van der Waals surface area contributed by atoms with Gasteiger partial charge in [0, 0.05) is 23.4 Å². The van der Waals surface area contributed by atoms with E-state index in [1.54, 1.807) is 60.7 Å². The summed E-state index contributed by atoms with van der Waals surface area (Å²) in [5, 5.41) is 5.51. The maximum absolute atomic E-state index is 13.0. The standard InChI is InChI=1S/C23H21FN2O3/c1-2-25-22(27)17-5-3-7-20(13-17)26-23(28)18-6-4-8-21(14-18)29-15-16-9-11-19(24)12-10-16/h3-14H,2,15H2,1H3,(H,25,27)(H,26,28). The maximum Gasteiger partial charge on any atom is 0.255 e. The van der Waals surface area contributed by atoms with Crippen LogP contribution in [0, 0.1) is 5.82 Å². The molecule has 6 heteroatoms. The quantitative estimate of drug-likeness (QED) is 0.626. The minimum absolute atomic E-state index is 0.195. The van der Waals surface area contributed by atoms with Crippen molar-refractivity contribution >= 4 is 17.5 Å². The number of benzene rings is 3. The Kier molecular flexibility index (Phi) is 6.58. The van der Waals surface area contributed by atoms with Crippen LogP contribution >= 0.6 is 0 Å². The number of carbonyl (C=O) groups excluding carboxylic acids is 2. The first kappa shape index (κ1) is 20.1. The van der Waals surface area contributed by atoms with Crippen molar-refractivity contribution in [2.75, 3.05) is 11.9 Å². The summed E-state index contributed by atoms with van der Waals surface area (Å²) in [6.07, 6.45) is 0. The van der Waals surface area contributed by atoms with Crippen molar-refractivity contribution in [3.8, 4) is 5.75 Å². The summed E-state index contributed by atoms with van der Waals surface area (Å²) in [6.45, 7) is 2.63. The molecule has 5 nitrogen and oxygen atoms in total. The number of hydrogen-bond donors (Lipinski definition) is 2. The lowest BCUT2D eigenvalue weighted by atomic mass is 10.1. The summed E-state index contributed by atoms with van der Waals surface area (Å²) < 4.78 is 18.7. The molecule has 0 bridgehead atoms. The highest BCUT2D eigenvalue weighted by Gasteiger charge is 2.10. The Hall–Kier alpha value is -3.67. The van der Waals surface area contributed by atoms with E-state index >= 15 is 0 Å². The molecule has 0 aliphatic heterocycles. The summed E-state index contributed by atoms with van der Waals surface area (Å²) in [5.74, 6) is -0.285. The molecule has 0 aliphatic rings. The molecule has 29 heavy (non-hydrogen) atoms. The number of ether oxygens (including phenoxy) is 1. The van der Waals surface area contributed by atoms with Crippen LogP contribution in [0.25, 0.3) is 0 Å². The third-order valence-electron chi connectivity index (χ3n) is 4.13. The number of carbonyl (C=O) groups is 2. The molecule has 0 spiro atoms. The zero-order chi connectivity index (χ0) is 20.6. The Morgan fingerprint density at radius 3 is 2.31 bits per heavy atom. The molecule has 0 aromatic heterocycles. The molecule has 0 radical (unpaired) electrons. The third kappa shape index (κ3) is 5.65. The molecule has 2 amide bonds. The van der Waals surface area contributed by atoms with Crippen molar-refractivity contribution < 1.29 is 18.7 Å². The normalized spacial score (nSPS) is 10.3. The van der Waals surface area contributed by atoms with Crippen LogP contribution in [-0.2, 0) is 6.61 Å². The summed E-state index contributed by atoms with van der Waals surface area (Å²) in [6, 6.07) is 19.5. The van der Waals surface area contributed by atoms with Gasteiger partial charge in [0.1, 0.15) is 18.2 Å². The monoisotopic (exact) mass is 392 g/mol. The first-order chi connectivity index (χ1) is 14.0. The molecular formula is C23H21FN2O3. The van der Waals surface area contributed by atoms with Gasteiger partial charge in [0.2, 0.25) is 0 Å². The van der Waals surface area contributed by atoms with Crippen molar-refractivity contribution in [1.29, 1.82) is 0 Å². The van der Waals surface area contributed by atoms with E-state index < -0.39 is 0 Å². The predicted octanol–water partition coefficient (Wildman–Crippen LogP) is 4.41. The molecule has 3 rings (SSSR count). The first-order valence-corrected chi connectivity index (χ1v) is 9.22. The van der Waals surface area contributed by atoms with E-state index in [1.165, 1.54) is 12.1 Å². The second kappa shape index (κ2) is 9.50. The van der Waals surface area contributed by atoms with E-state index in [4.69, 9.17) is 4.74 Å². The Bertz CT molecular complexity index is 1000. The van der Waals surface area contributed by atoms with E-state index in [9.17, 15) is 14.0 Å². The second-order valence-corrected chi connectivity index (χ2v) is 6.34. The van der Waals surface area contributed by atoms with Crippen LogP contribution in [0.3, 0.4) is 0 Å². The van der Waals surface area contributed by atoms with E-state index in [2.05, 4.69) is 10.6 Å². The summed E-state index contributed by atoms with van der Waals surface area (Å²) in [5.41, 5.74) is 2.24. The molecule has 0 saturated heterocycles. The molecule has 0 heterocycles.